The Morgan fingerprint density at radius 3 is 2.36 bits per heavy atom. The molecule has 1 rings (SSSR count). The van der Waals surface area contributed by atoms with Gasteiger partial charge in [-0.05, 0) is 38.4 Å². The van der Waals surface area contributed by atoms with Crippen molar-refractivity contribution in [1.29, 1.82) is 0 Å². The highest BCUT2D eigenvalue weighted by molar-refractivity contribution is 5.84. The summed E-state index contributed by atoms with van der Waals surface area (Å²) in [5, 5.41) is 15.4. The van der Waals surface area contributed by atoms with Crippen LogP contribution in [-0.2, 0) is 11.2 Å². The zero-order valence-corrected chi connectivity index (χ0v) is 17.6. The van der Waals surface area contributed by atoms with Crippen molar-refractivity contribution >= 4 is 11.9 Å². The highest BCUT2D eigenvalue weighted by Crippen LogP contribution is 2.06. The van der Waals surface area contributed by atoms with Gasteiger partial charge in [-0.2, -0.15) is 0 Å². The second kappa shape index (κ2) is 13.1. The van der Waals surface area contributed by atoms with Crippen LogP contribution in [0.3, 0.4) is 0 Å². The summed E-state index contributed by atoms with van der Waals surface area (Å²) in [4.78, 5) is 28.5. The van der Waals surface area contributed by atoms with Crippen LogP contribution >= 0.6 is 0 Å². The second-order valence-corrected chi connectivity index (χ2v) is 7.78. The van der Waals surface area contributed by atoms with Gasteiger partial charge in [0.2, 0.25) is 5.91 Å². The molecule has 7 heteroatoms. The Bertz CT molecular complexity index is 578. The zero-order chi connectivity index (χ0) is 20.9. The third-order valence-corrected chi connectivity index (χ3v) is 4.35. The van der Waals surface area contributed by atoms with E-state index in [9.17, 15) is 14.7 Å². The molecular formula is C21H36N4O3. The molecule has 0 unspecified atom stereocenters. The maximum Gasteiger partial charge on any atom is 0.318 e. The third-order valence-electron chi connectivity index (χ3n) is 4.35. The summed E-state index contributed by atoms with van der Waals surface area (Å²) in [5.41, 5.74) is 1.04. The van der Waals surface area contributed by atoms with Crippen molar-refractivity contribution in [2.24, 2.45) is 5.92 Å². The van der Waals surface area contributed by atoms with E-state index in [0.717, 1.165) is 18.5 Å². The van der Waals surface area contributed by atoms with Crippen LogP contribution < -0.4 is 10.6 Å². The number of nitrogens with one attached hydrogen (secondary N) is 2. The van der Waals surface area contributed by atoms with Crippen LogP contribution in [0.1, 0.15) is 25.8 Å². The summed E-state index contributed by atoms with van der Waals surface area (Å²) in [6, 6.07) is 9.00. The molecule has 0 saturated carbocycles. The molecule has 3 N–H and O–H groups in total. The highest BCUT2D eigenvalue weighted by atomic mass is 16.3. The van der Waals surface area contributed by atoms with Crippen LogP contribution in [0.15, 0.2) is 30.3 Å². The number of hydrogen-bond donors (Lipinski definition) is 3. The molecular weight excluding hydrogens is 356 g/mol. The SMILES string of the molecule is CC(C)CCN(CC(=O)NCCN(C)C)C(=O)N[C@@H](CO)Cc1ccccc1. The van der Waals surface area contributed by atoms with Crippen LogP contribution in [0.25, 0.3) is 0 Å². The van der Waals surface area contributed by atoms with E-state index in [0.29, 0.717) is 25.4 Å². The predicted molar refractivity (Wildman–Crippen MR) is 112 cm³/mol. The summed E-state index contributed by atoms with van der Waals surface area (Å²) in [6.07, 6.45) is 1.34. The van der Waals surface area contributed by atoms with Crippen molar-refractivity contribution in [3.8, 4) is 0 Å². The summed E-state index contributed by atoms with van der Waals surface area (Å²) in [7, 11) is 3.88. The van der Waals surface area contributed by atoms with Gasteiger partial charge in [-0.15, -0.1) is 0 Å². The molecule has 0 aromatic heterocycles. The molecule has 0 fully saturated rings. The molecule has 1 aromatic rings. The number of hydrogen-bond acceptors (Lipinski definition) is 4. The first-order valence-corrected chi connectivity index (χ1v) is 9.93. The van der Waals surface area contributed by atoms with E-state index in [1.807, 2.05) is 49.3 Å². The highest BCUT2D eigenvalue weighted by Gasteiger charge is 2.20. The topological polar surface area (TPSA) is 84.9 Å². The number of rotatable bonds is 12. The molecule has 3 amide bonds. The third kappa shape index (κ3) is 10.3. The number of aliphatic hydroxyl groups excluding tert-OH is 1. The first kappa shape index (κ1) is 23.9. The number of aliphatic hydroxyl groups is 1. The summed E-state index contributed by atoms with van der Waals surface area (Å²) < 4.78 is 0. The average molecular weight is 393 g/mol. The lowest BCUT2D eigenvalue weighted by molar-refractivity contribution is -0.121. The van der Waals surface area contributed by atoms with Crippen LogP contribution in [0.4, 0.5) is 4.79 Å². The van der Waals surface area contributed by atoms with E-state index in [-0.39, 0.29) is 25.1 Å². The minimum Gasteiger partial charge on any atom is -0.394 e. The number of carbonyl (C=O) groups is 2. The first-order chi connectivity index (χ1) is 13.3. The summed E-state index contributed by atoms with van der Waals surface area (Å²) >= 11 is 0. The van der Waals surface area contributed by atoms with Gasteiger partial charge < -0.3 is 25.5 Å². The Balaban J connectivity index is 2.64. The van der Waals surface area contributed by atoms with Crippen LogP contribution in [0, 0.1) is 5.92 Å². The maximum atomic E-state index is 12.7. The van der Waals surface area contributed by atoms with Crippen molar-refractivity contribution in [3.63, 3.8) is 0 Å². The fourth-order valence-corrected chi connectivity index (χ4v) is 2.64. The number of urea groups is 1. The Hall–Kier alpha value is -2.12. The van der Waals surface area contributed by atoms with E-state index >= 15 is 0 Å². The first-order valence-electron chi connectivity index (χ1n) is 9.93. The Morgan fingerprint density at radius 2 is 1.79 bits per heavy atom. The molecule has 0 radical (unpaired) electrons. The smallest absolute Gasteiger partial charge is 0.318 e. The Labute approximate surface area is 169 Å². The van der Waals surface area contributed by atoms with Gasteiger partial charge in [0, 0.05) is 19.6 Å². The average Bonchev–Trinajstić information content (AvgIpc) is 2.64. The molecule has 1 atom stereocenters. The molecule has 0 aliphatic heterocycles. The fraction of sp³-hybridized carbons (Fsp3) is 0.619. The molecule has 0 spiro atoms. The molecule has 0 bridgehead atoms. The van der Waals surface area contributed by atoms with E-state index < -0.39 is 6.04 Å². The number of amides is 3. The van der Waals surface area contributed by atoms with Crippen molar-refractivity contribution < 1.29 is 14.7 Å². The molecule has 0 aliphatic rings. The van der Waals surface area contributed by atoms with E-state index in [4.69, 9.17) is 0 Å². The number of likely N-dealkylation sites (N-methyl/N-ethyl adjacent to an activating group) is 1. The van der Waals surface area contributed by atoms with Gasteiger partial charge in [0.1, 0.15) is 6.54 Å². The van der Waals surface area contributed by atoms with Crippen molar-refractivity contribution in [2.75, 3.05) is 46.9 Å². The largest absolute Gasteiger partial charge is 0.394 e. The molecule has 0 aliphatic carbocycles. The second-order valence-electron chi connectivity index (χ2n) is 7.78. The van der Waals surface area contributed by atoms with E-state index in [1.54, 1.807) is 0 Å². The minimum atomic E-state index is -0.395. The van der Waals surface area contributed by atoms with Gasteiger partial charge in [0.05, 0.1) is 12.6 Å². The molecule has 0 saturated heterocycles. The van der Waals surface area contributed by atoms with Crippen molar-refractivity contribution in [2.45, 2.75) is 32.7 Å². The zero-order valence-electron chi connectivity index (χ0n) is 17.6. The van der Waals surface area contributed by atoms with E-state index in [2.05, 4.69) is 24.5 Å². The van der Waals surface area contributed by atoms with Crippen LogP contribution in [0.2, 0.25) is 0 Å². The van der Waals surface area contributed by atoms with Gasteiger partial charge in [-0.3, -0.25) is 4.79 Å². The summed E-state index contributed by atoms with van der Waals surface area (Å²) in [5.74, 6) is 0.245. The molecule has 7 nitrogen and oxygen atoms in total. The predicted octanol–water partition coefficient (Wildman–Crippen LogP) is 1.33. The van der Waals surface area contributed by atoms with Gasteiger partial charge in [0.25, 0.3) is 0 Å². The molecule has 0 heterocycles. The van der Waals surface area contributed by atoms with Gasteiger partial charge in [-0.25, -0.2) is 4.79 Å². The minimum absolute atomic E-state index is 0.00939. The van der Waals surface area contributed by atoms with Gasteiger partial charge in [0.15, 0.2) is 0 Å². The Morgan fingerprint density at radius 1 is 1.11 bits per heavy atom. The fourth-order valence-electron chi connectivity index (χ4n) is 2.64. The van der Waals surface area contributed by atoms with E-state index in [1.165, 1.54) is 4.90 Å². The van der Waals surface area contributed by atoms with Crippen LogP contribution in [-0.4, -0.2) is 79.8 Å². The lowest BCUT2D eigenvalue weighted by Crippen LogP contribution is -2.50. The molecule has 158 valence electrons. The summed E-state index contributed by atoms with van der Waals surface area (Å²) in [6.45, 7) is 5.79. The molecule has 28 heavy (non-hydrogen) atoms. The molecule has 1 aromatic carbocycles. The normalized spacial score (nSPS) is 12.1. The maximum absolute atomic E-state index is 12.7. The van der Waals surface area contributed by atoms with Crippen molar-refractivity contribution in [1.82, 2.24) is 20.4 Å². The quantitative estimate of drug-likeness (QED) is 0.501. The lowest BCUT2D eigenvalue weighted by atomic mass is 10.1. The van der Waals surface area contributed by atoms with Crippen LogP contribution in [0.5, 0.6) is 0 Å². The standard InChI is InChI=1S/C21H36N4O3/c1-17(2)10-12-25(15-20(27)22-11-13-24(3)4)21(28)23-19(16-26)14-18-8-6-5-7-9-18/h5-9,17,19,26H,10-16H2,1-4H3,(H,22,27)(H,23,28)/t19-/m1/s1. The lowest BCUT2D eigenvalue weighted by Gasteiger charge is -2.26. The number of nitrogens with zero attached hydrogens (tertiary/aromatic N) is 2. The van der Waals surface area contributed by atoms with Gasteiger partial charge in [-0.1, -0.05) is 44.2 Å². The Kier molecular flexibility index (Phi) is 11.2. The number of benzene rings is 1. The monoisotopic (exact) mass is 392 g/mol. The van der Waals surface area contributed by atoms with Gasteiger partial charge >= 0.3 is 6.03 Å². The van der Waals surface area contributed by atoms with Crippen molar-refractivity contribution in [3.05, 3.63) is 35.9 Å². The number of carbonyl (C=O) groups excluding carboxylic acids is 2.